The molecule has 26 heavy (non-hydrogen) atoms. The number of nitrogens with zero attached hydrogens (tertiary/aromatic N) is 3. The molecule has 1 aromatic carbocycles. The second-order valence-corrected chi connectivity index (χ2v) is 6.43. The van der Waals surface area contributed by atoms with Gasteiger partial charge in [0.25, 0.3) is 0 Å². The predicted octanol–water partition coefficient (Wildman–Crippen LogP) is 3.90. The van der Waals surface area contributed by atoms with Gasteiger partial charge in [0.05, 0.1) is 37.5 Å². The predicted molar refractivity (Wildman–Crippen MR) is 100 cm³/mol. The summed E-state index contributed by atoms with van der Waals surface area (Å²) in [5.74, 6) is 1.05. The van der Waals surface area contributed by atoms with Crippen LogP contribution in [-0.4, -0.2) is 34.4 Å². The quantitative estimate of drug-likeness (QED) is 0.677. The Balaban J connectivity index is 1.74. The molecule has 1 aliphatic heterocycles. The van der Waals surface area contributed by atoms with Crippen LogP contribution in [0.1, 0.15) is 30.5 Å². The lowest BCUT2D eigenvalue weighted by molar-refractivity contribution is 0.193. The van der Waals surface area contributed by atoms with E-state index in [4.69, 9.17) is 14.5 Å². The molecule has 3 aromatic rings. The van der Waals surface area contributed by atoms with Crippen molar-refractivity contribution in [1.82, 2.24) is 14.5 Å². The minimum Gasteiger partial charge on any atom is -0.478 e. The van der Waals surface area contributed by atoms with Gasteiger partial charge in [-0.15, -0.1) is 0 Å². The highest BCUT2D eigenvalue weighted by Crippen LogP contribution is 2.34. The van der Waals surface area contributed by atoms with Gasteiger partial charge in [0, 0.05) is 29.8 Å². The van der Waals surface area contributed by atoms with Crippen LogP contribution in [0.3, 0.4) is 0 Å². The zero-order valence-corrected chi connectivity index (χ0v) is 15.0. The van der Waals surface area contributed by atoms with Crippen molar-refractivity contribution < 1.29 is 9.47 Å². The third kappa shape index (κ3) is 3.35. The Bertz CT molecular complexity index is 855. The molecule has 134 valence electrons. The van der Waals surface area contributed by atoms with Gasteiger partial charge in [-0.25, -0.2) is 9.97 Å². The van der Waals surface area contributed by atoms with E-state index in [1.807, 2.05) is 25.4 Å². The Labute approximate surface area is 153 Å². The molecule has 1 aliphatic rings. The van der Waals surface area contributed by atoms with Gasteiger partial charge in [0.2, 0.25) is 5.88 Å². The van der Waals surface area contributed by atoms with Crippen LogP contribution in [-0.2, 0) is 11.3 Å². The first-order valence-corrected chi connectivity index (χ1v) is 9.11. The maximum absolute atomic E-state index is 5.70. The summed E-state index contributed by atoms with van der Waals surface area (Å²) in [6.07, 6.45) is 4.72. The molecule has 0 spiro atoms. The molecule has 1 saturated heterocycles. The smallest absolute Gasteiger partial charge is 0.218 e. The standard InChI is InChI=1S/C21H23N3O2/c1-2-26-21-17(9-6-11-22-21)13-24-15-23-19(16-7-4-3-5-8-16)20(24)18-10-12-25-14-18/h3-9,11,15,18H,2,10,12-14H2,1H3. The molecule has 5 heteroatoms. The number of pyridine rings is 1. The van der Waals surface area contributed by atoms with E-state index in [-0.39, 0.29) is 0 Å². The van der Waals surface area contributed by atoms with Crippen molar-refractivity contribution in [3.05, 3.63) is 66.2 Å². The number of benzene rings is 1. The Kier molecular flexibility index (Phi) is 4.97. The number of hydrogen-bond donors (Lipinski definition) is 0. The van der Waals surface area contributed by atoms with E-state index in [0.717, 1.165) is 36.5 Å². The number of rotatable bonds is 6. The SMILES string of the molecule is CCOc1ncccc1Cn1cnc(-c2ccccc2)c1C1CCOC1. The summed E-state index contributed by atoms with van der Waals surface area (Å²) in [5, 5.41) is 0. The first-order valence-electron chi connectivity index (χ1n) is 9.11. The van der Waals surface area contributed by atoms with Gasteiger partial charge >= 0.3 is 0 Å². The van der Waals surface area contributed by atoms with Crippen LogP contribution in [0.4, 0.5) is 0 Å². The number of aromatic nitrogens is 3. The normalized spacial score (nSPS) is 16.7. The Morgan fingerprint density at radius 2 is 2.04 bits per heavy atom. The molecule has 3 heterocycles. The lowest BCUT2D eigenvalue weighted by Crippen LogP contribution is -2.11. The lowest BCUT2D eigenvalue weighted by atomic mass is 9.99. The molecule has 2 aromatic heterocycles. The van der Waals surface area contributed by atoms with Crippen molar-refractivity contribution in [3.8, 4) is 17.1 Å². The molecule has 0 bridgehead atoms. The van der Waals surface area contributed by atoms with Crippen LogP contribution in [0.25, 0.3) is 11.3 Å². The zero-order chi connectivity index (χ0) is 17.8. The molecule has 1 unspecified atom stereocenters. The Morgan fingerprint density at radius 1 is 1.15 bits per heavy atom. The highest BCUT2D eigenvalue weighted by atomic mass is 16.5. The van der Waals surface area contributed by atoms with Crippen molar-refractivity contribution >= 4 is 0 Å². The summed E-state index contributed by atoms with van der Waals surface area (Å²) in [4.78, 5) is 9.13. The van der Waals surface area contributed by atoms with Gasteiger partial charge in [-0.1, -0.05) is 36.4 Å². The number of imidazole rings is 1. The minimum absolute atomic E-state index is 0.361. The summed E-state index contributed by atoms with van der Waals surface area (Å²) < 4.78 is 13.6. The minimum atomic E-state index is 0.361. The van der Waals surface area contributed by atoms with Crippen molar-refractivity contribution in [2.45, 2.75) is 25.8 Å². The maximum atomic E-state index is 5.70. The maximum Gasteiger partial charge on any atom is 0.218 e. The van der Waals surface area contributed by atoms with Gasteiger partial charge < -0.3 is 14.0 Å². The van der Waals surface area contributed by atoms with Crippen molar-refractivity contribution in [1.29, 1.82) is 0 Å². The average molecular weight is 349 g/mol. The first-order chi connectivity index (χ1) is 12.9. The molecule has 1 fully saturated rings. The van der Waals surface area contributed by atoms with Crippen LogP contribution < -0.4 is 4.74 Å². The third-order valence-corrected chi connectivity index (χ3v) is 4.71. The fourth-order valence-corrected chi connectivity index (χ4v) is 3.51. The third-order valence-electron chi connectivity index (χ3n) is 4.71. The molecule has 4 rings (SSSR count). The van der Waals surface area contributed by atoms with E-state index < -0.39 is 0 Å². The average Bonchev–Trinajstić information content (AvgIpc) is 3.34. The first kappa shape index (κ1) is 16.8. The van der Waals surface area contributed by atoms with Gasteiger partial charge in [0.15, 0.2) is 0 Å². The molecular weight excluding hydrogens is 326 g/mol. The van der Waals surface area contributed by atoms with Crippen LogP contribution in [0.2, 0.25) is 0 Å². The van der Waals surface area contributed by atoms with Gasteiger partial charge in [0.1, 0.15) is 0 Å². The lowest BCUT2D eigenvalue weighted by Gasteiger charge is -2.16. The Hall–Kier alpha value is -2.66. The monoisotopic (exact) mass is 349 g/mol. The van der Waals surface area contributed by atoms with E-state index in [2.05, 4.69) is 39.9 Å². The molecular formula is C21H23N3O2. The van der Waals surface area contributed by atoms with Crippen LogP contribution >= 0.6 is 0 Å². The van der Waals surface area contributed by atoms with E-state index in [0.29, 0.717) is 24.9 Å². The van der Waals surface area contributed by atoms with E-state index in [1.165, 1.54) is 5.69 Å². The number of ether oxygens (including phenoxy) is 2. The van der Waals surface area contributed by atoms with E-state index >= 15 is 0 Å². The molecule has 0 N–H and O–H groups in total. The van der Waals surface area contributed by atoms with Crippen LogP contribution in [0.5, 0.6) is 5.88 Å². The van der Waals surface area contributed by atoms with Gasteiger partial charge in [-0.05, 0) is 19.4 Å². The summed E-state index contributed by atoms with van der Waals surface area (Å²) in [7, 11) is 0. The van der Waals surface area contributed by atoms with Crippen LogP contribution in [0.15, 0.2) is 55.0 Å². The van der Waals surface area contributed by atoms with E-state index in [1.54, 1.807) is 6.20 Å². The molecule has 1 atom stereocenters. The second-order valence-electron chi connectivity index (χ2n) is 6.43. The molecule has 5 nitrogen and oxygen atoms in total. The van der Waals surface area contributed by atoms with Gasteiger partial charge in [-0.3, -0.25) is 0 Å². The second kappa shape index (κ2) is 7.70. The fourth-order valence-electron chi connectivity index (χ4n) is 3.51. The van der Waals surface area contributed by atoms with Crippen molar-refractivity contribution in [2.24, 2.45) is 0 Å². The zero-order valence-electron chi connectivity index (χ0n) is 15.0. The summed E-state index contributed by atoms with van der Waals surface area (Å²) in [6.45, 7) is 4.82. The summed E-state index contributed by atoms with van der Waals surface area (Å²) >= 11 is 0. The van der Waals surface area contributed by atoms with E-state index in [9.17, 15) is 0 Å². The van der Waals surface area contributed by atoms with Gasteiger partial charge in [-0.2, -0.15) is 0 Å². The molecule has 0 saturated carbocycles. The molecule has 0 aliphatic carbocycles. The Morgan fingerprint density at radius 3 is 2.81 bits per heavy atom. The highest BCUT2D eigenvalue weighted by molar-refractivity contribution is 5.62. The topological polar surface area (TPSA) is 49.2 Å². The number of hydrogen-bond acceptors (Lipinski definition) is 4. The van der Waals surface area contributed by atoms with Crippen LogP contribution in [0, 0.1) is 0 Å². The summed E-state index contributed by atoms with van der Waals surface area (Å²) in [6, 6.07) is 14.4. The molecule has 0 radical (unpaired) electrons. The largest absolute Gasteiger partial charge is 0.478 e. The highest BCUT2D eigenvalue weighted by Gasteiger charge is 2.26. The fraction of sp³-hybridized carbons (Fsp3) is 0.333. The van der Waals surface area contributed by atoms with Crippen molar-refractivity contribution in [2.75, 3.05) is 19.8 Å². The van der Waals surface area contributed by atoms with Crippen molar-refractivity contribution in [3.63, 3.8) is 0 Å². The summed E-state index contributed by atoms with van der Waals surface area (Å²) in [5.41, 5.74) is 4.49. The molecule has 0 amide bonds.